The van der Waals surface area contributed by atoms with Crippen molar-refractivity contribution in [2.24, 2.45) is 0 Å². The second-order valence-electron chi connectivity index (χ2n) is 7.27. The van der Waals surface area contributed by atoms with E-state index in [1.54, 1.807) is 6.07 Å². The number of alkyl halides is 2. The molecule has 2 saturated heterocycles. The standard InChI is InChI=1S/C19H20F2N4O3S/c20-19(21)28-15-1-2-17-16(9-15)18(13(10-22)11-23-17)25-6-4-24(5-7-25)14-3-8-29(26,27)12-14/h1-2,9,11,14,19H,3-8,12H2. The van der Waals surface area contributed by atoms with Gasteiger partial charge in [0.25, 0.3) is 0 Å². The predicted octanol–water partition coefficient (Wildman–Crippen LogP) is 2.02. The number of halogens is 2. The SMILES string of the molecule is N#Cc1cnc2ccc(OC(F)F)cc2c1N1CCN(C2CCS(=O)(=O)C2)CC1. The van der Waals surface area contributed by atoms with Gasteiger partial charge in [-0.2, -0.15) is 14.0 Å². The van der Waals surface area contributed by atoms with Crippen LogP contribution >= 0.6 is 0 Å². The van der Waals surface area contributed by atoms with Crippen molar-refractivity contribution in [2.75, 3.05) is 42.6 Å². The lowest BCUT2D eigenvalue weighted by Crippen LogP contribution is -2.51. The van der Waals surface area contributed by atoms with Crippen LogP contribution in [0.1, 0.15) is 12.0 Å². The maximum atomic E-state index is 12.6. The van der Waals surface area contributed by atoms with Gasteiger partial charge in [0.2, 0.25) is 0 Å². The van der Waals surface area contributed by atoms with E-state index in [0.717, 1.165) is 0 Å². The van der Waals surface area contributed by atoms with Crippen molar-refractivity contribution in [2.45, 2.75) is 19.1 Å². The average molecular weight is 422 g/mol. The van der Waals surface area contributed by atoms with Crippen LogP contribution in [0.3, 0.4) is 0 Å². The molecule has 0 N–H and O–H groups in total. The number of benzene rings is 1. The Morgan fingerprint density at radius 2 is 2.00 bits per heavy atom. The molecule has 1 aromatic heterocycles. The van der Waals surface area contributed by atoms with Crippen LogP contribution in [0.5, 0.6) is 5.75 Å². The molecule has 2 aliphatic rings. The zero-order valence-electron chi connectivity index (χ0n) is 15.6. The number of aromatic nitrogens is 1. The van der Waals surface area contributed by atoms with Crippen LogP contribution in [0.2, 0.25) is 0 Å². The highest BCUT2D eigenvalue weighted by Gasteiger charge is 2.34. The van der Waals surface area contributed by atoms with Crippen molar-refractivity contribution in [1.82, 2.24) is 9.88 Å². The summed E-state index contributed by atoms with van der Waals surface area (Å²) >= 11 is 0. The van der Waals surface area contributed by atoms with Gasteiger partial charge in [-0.05, 0) is 24.6 Å². The Morgan fingerprint density at radius 1 is 1.24 bits per heavy atom. The van der Waals surface area contributed by atoms with Gasteiger partial charge in [0.15, 0.2) is 9.84 Å². The quantitative estimate of drug-likeness (QED) is 0.745. The van der Waals surface area contributed by atoms with Gasteiger partial charge >= 0.3 is 6.61 Å². The lowest BCUT2D eigenvalue weighted by molar-refractivity contribution is -0.0497. The Hall–Kier alpha value is -2.51. The zero-order chi connectivity index (χ0) is 20.6. The van der Waals surface area contributed by atoms with Gasteiger partial charge in [-0.3, -0.25) is 9.88 Å². The number of rotatable bonds is 4. The van der Waals surface area contributed by atoms with Gasteiger partial charge < -0.3 is 9.64 Å². The molecule has 29 heavy (non-hydrogen) atoms. The Morgan fingerprint density at radius 3 is 2.62 bits per heavy atom. The van der Waals surface area contributed by atoms with Gasteiger partial charge in [-0.15, -0.1) is 0 Å². The summed E-state index contributed by atoms with van der Waals surface area (Å²) in [5.74, 6) is 0.446. The molecule has 3 heterocycles. The Kier molecular flexibility index (Phi) is 5.27. The van der Waals surface area contributed by atoms with E-state index in [4.69, 9.17) is 0 Å². The van der Waals surface area contributed by atoms with E-state index in [-0.39, 0.29) is 23.3 Å². The molecule has 2 fully saturated rings. The minimum atomic E-state index is -2.95. The van der Waals surface area contributed by atoms with Crippen molar-refractivity contribution in [3.8, 4) is 11.8 Å². The third-order valence-corrected chi connectivity index (χ3v) is 7.26. The average Bonchev–Trinajstić information content (AvgIpc) is 3.06. The highest BCUT2D eigenvalue weighted by atomic mass is 32.2. The van der Waals surface area contributed by atoms with E-state index in [1.807, 2.05) is 4.90 Å². The maximum Gasteiger partial charge on any atom is 0.387 e. The third-order valence-electron chi connectivity index (χ3n) is 5.51. The lowest BCUT2D eigenvalue weighted by atomic mass is 10.1. The zero-order valence-corrected chi connectivity index (χ0v) is 16.4. The third kappa shape index (κ3) is 4.11. The fourth-order valence-corrected chi connectivity index (χ4v) is 5.89. The fraction of sp³-hybridized carbons (Fsp3) is 0.474. The summed E-state index contributed by atoms with van der Waals surface area (Å²) in [4.78, 5) is 8.47. The molecule has 4 rings (SSSR count). The van der Waals surface area contributed by atoms with Crippen molar-refractivity contribution in [1.29, 1.82) is 5.26 Å². The number of fused-ring (bicyclic) bond motifs is 1. The molecular weight excluding hydrogens is 402 g/mol. The molecule has 7 nitrogen and oxygen atoms in total. The number of nitrogens with zero attached hydrogens (tertiary/aromatic N) is 4. The van der Waals surface area contributed by atoms with Gasteiger partial charge in [0.1, 0.15) is 11.8 Å². The monoisotopic (exact) mass is 422 g/mol. The summed E-state index contributed by atoms with van der Waals surface area (Å²) in [5.41, 5.74) is 1.60. The number of pyridine rings is 1. The fourth-order valence-electron chi connectivity index (χ4n) is 4.13. The molecule has 0 aliphatic carbocycles. The molecule has 0 radical (unpaired) electrons. The van der Waals surface area contributed by atoms with Crippen LogP contribution in [-0.2, 0) is 9.84 Å². The number of hydrogen-bond acceptors (Lipinski definition) is 7. The molecule has 0 spiro atoms. The molecule has 0 bridgehead atoms. The maximum absolute atomic E-state index is 12.6. The molecule has 10 heteroatoms. The first-order valence-electron chi connectivity index (χ1n) is 9.33. The van der Waals surface area contributed by atoms with Crippen LogP contribution < -0.4 is 9.64 Å². The summed E-state index contributed by atoms with van der Waals surface area (Å²) in [6, 6.07) is 6.68. The number of hydrogen-bond donors (Lipinski definition) is 0. The normalized spacial score (nSPS) is 22.1. The van der Waals surface area contributed by atoms with Gasteiger partial charge in [0.05, 0.1) is 28.3 Å². The summed E-state index contributed by atoms with van der Waals surface area (Å²) in [6.45, 7) is -0.395. The van der Waals surface area contributed by atoms with Crippen LogP contribution in [-0.4, -0.2) is 68.6 Å². The molecule has 1 unspecified atom stereocenters. The predicted molar refractivity (Wildman–Crippen MR) is 104 cm³/mol. The van der Waals surface area contributed by atoms with Crippen molar-refractivity contribution < 1.29 is 21.9 Å². The molecule has 0 saturated carbocycles. The number of nitriles is 1. The smallest absolute Gasteiger partial charge is 0.387 e. The second-order valence-corrected chi connectivity index (χ2v) is 9.50. The Bertz CT molecular complexity index is 1060. The topological polar surface area (TPSA) is 86.5 Å². The van der Waals surface area contributed by atoms with Gasteiger partial charge in [-0.25, -0.2) is 8.42 Å². The molecule has 2 aliphatic heterocycles. The minimum absolute atomic E-state index is 0.0143. The van der Waals surface area contributed by atoms with E-state index < -0.39 is 16.4 Å². The molecular formula is C19H20F2N4O3S. The summed E-state index contributed by atoms with van der Waals surface area (Å²) in [6.07, 6.45) is 2.14. The Labute approximate surface area is 167 Å². The van der Waals surface area contributed by atoms with Crippen molar-refractivity contribution >= 4 is 26.4 Å². The van der Waals surface area contributed by atoms with E-state index in [2.05, 4.69) is 20.7 Å². The summed E-state index contributed by atoms with van der Waals surface area (Å²) in [5, 5.41) is 10.1. The van der Waals surface area contributed by atoms with Crippen molar-refractivity contribution in [3.63, 3.8) is 0 Å². The number of ether oxygens (including phenoxy) is 1. The van der Waals surface area contributed by atoms with E-state index >= 15 is 0 Å². The minimum Gasteiger partial charge on any atom is -0.435 e. The van der Waals surface area contributed by atoms with E-state index in [1.165, 1.54) is 18.3 Å². The first kappa shape index (κ1) is 19.8. The Balaban J connectivity index is 1.61. The molecule has 1 aromatic carbocycles. The van der Waals surface area contributed by atoms with E-state index in [9.17, 15) is 22.5 Å². The van der Waals surface area contributed by atoms with Crippen LogP contribution in [0.25, 0.3) is 10.9 Å². The van der Waals surface area contributed by atoms with Crippen LogP contribution in [0.4, 0.5) is 14.5 Å². The van der Waals surface area contributed by atoms with Crippen LogP contribution in [0, 0.1) is 11.3 Å². The van der Waals surface area contributed by atoms with E-state index in [0.29, 0.717) is 54.8 Å². The summed E-state index contributed by atoms with van der Waals surface area (Å²) in [7, 11) is -2.95. The molecule has 2 aromatic rings. The van der Waals surface area contributed by atoms with Crippen LogP contribution in [0.15, 0.2) is 24.4 Å². The van der Waals surface area contributed by atoms with Gasteiger partial charge in [0, 0.05) is 43.8 Å². The second kappa shape index (κ2) is 7.72. The highest BCUT2D eigenvalue weighted by molar-refractivity contribution is 7.91. The molecule has 154 valence electrons. The van der Waals surface area contributed by atoms with Crippen molar-refractivity contribution in [3.05, 3.63) is 30.0 Å². The lowest BCUT2D eigenvalue weighted by Gasteiger charge is -2.39. The number of anilines is 1. The first-order chi connectivity index (χ1) is 13.9. The molecule has 1 atom stereocenters. The molecule has 0 amide bonds. The summed E-state index contributed by atoms with van der Waals surface area (Å²) < 4.78 is 53.3. The first-order valence-corrected chi connectivity index (χ1v) is 11.2. The number of piperazine rings is 1. The van der Waals surface area contributed by atoms with Gasteiger partial charge in [-0.1, -0.05) is 0 Å². The number of sulfone groups is 1. The highest BCUT2D eigenvalue weighted by Crippen LogP contribution is 2.33. The largest absolute Gasteiger partial charge is 0.435 e.